The third-order valence-corrected chi connectivity index (χ3v) is 5.69. The van der Waals surface area contributed by atoms with Gasteiger partial charge in [0.15, 0.2) is 0 Å². The Morgan fingerprint density at radius 3 is 2.74 bits per heavy atom. The van der Waals surface area contributed by atoms with Gasteiger partial charge in [-0.1, -0.05) is 0 Å². The average molecular weight is 307 g/mol. The summed E-state index contributed by atoms with van der Waals surface area (Å²) in [5.41, 5.74) is 0.320. The number of halogens is 2. The molecule has 0 saturated carbocycles. The predicted octanol–water partition coefficient (Wildman–Crippen LogP) is 2.40. The van der Waals surface area contributed by atoms with E-state index in [4.69, 9.17) is 0 Å². The predicted molar refractivity (Wildman–Crippen MR) is 72.6 cm³/mol. The van der Waals surface area contributed by atoms with Gasteiger partial charge in [-0.3, -0.25) is 0 Å². The molecule has 3 nitrogen and oxygen atoms in total. The van der Waals surface area contributed by atoms with E-state index < -0.39 is 21.7 Å². The third kappa shape index (κ3) is 3.67. The van der Waals surface area contributed by atoms with E-state index in [2.05, 4.69) is 0 Å². The minimum Gasteiger partial charge on any atom is -0.213 e. The minimum atomic E-state index is -3.22. The van der Waals surface area contributed by atoms with Crippen LogP contribution in [0, 0.1) is 11.6 Å². The van der Waals surface area contributed by atoms with E-state index >= 15 is 0 Å². The van der Waals surface area contributed by atoms with Crippen molar-refractivity contribution in [1.29, 1.82) is 0 Å². The standard InChI is InChI=1S/C12H15F2NO2S2/c1-19(16,17)15-5-4-12(18-7-6-15)10-8-9(13)2-3-11(10)14/h2-3,8,12H,4-7H2,1H3. The van der Waals surface area contributed by atoms with Gasteiger partial charge in [0.1, 0.15) is 11.6 Å². The van der Waals surface area contributed by atoms with Gasteiger partial charge in [-0.15, -0.1) is 0 Å². The third-order valence-electron chi connectivity index (χ3n) is 3.07. The van der Waals surface area contributed by atoms with Crippen molar-refractivity contribution in [3.63, 3.8) is 0 Å². The average Bonchev–Trinajstić information content (AvgIpc) is 2.57. The van der Waals surface area contributed by atoms with Crippen molar-refractivity contribution in [1.82, 2.24) is 4.31 Å². The maximum absolute atomic E-state index is 13.7. The van der Waals surface area contributed by atoms with Crippen LogP contribution >= 0.6 is 11.8 Å². The second-order valence-corrected chi connectivity index (χ2v) is 7.77. The first-order valence-electron chi connectivity index (χ1n) is 5.89. The minimum absolute atomic E-state index is 0.206. The van der Waals surface area contributed by atoms with E-state index in [1.165, 1.54) is 28.4 Å². The van der Waals surface area contributed by atoms with Crippen LogP contribution in [0.5, 0.6) is 0 Å². The van der Waals surface area contributed by atoms with Gasteiger partial charge >= 0.3 is 0 Å². The Kier molecular flexibility index (Phi) is 4.47. The summed E-state index contributed by atoms with van der Waals surface area (Å²) in [4.78, 5) is 0. The fraction of sp³-hybridized carbons (Fsp3) is 0.500. The lowest BCUT2D eigenvalue weighted by Crippen LogP contribution is -2.31. The molecule has 1 aromatic carbocycles. The van der Waals surface area contributed by atoms with Gasteiger partial charge < -0.3 is 0 Å². The molecule has 2 rings (SSSR count). The van der Waals surface area contributed by atoms with Crippen LogP contribution < -0.4 is 0 Å². The highest BCUT2D eigenvalue weighted by Gasteiger charge is 2.25. The monoisotopic (exact) mass is 307 g/mol. The Morgan fingerprint density at radius 1 is 1.32 bits per heavy atom. The largest absolute Gasteiger partial charge is 0.213 e. The highest BCUT2D eigenvalue weighted by molar-refractivity contribution is 7.99. The van der Waals surface area contributed by atoms with Crippen LogP contribution in [0.15, 0.2) is 18.2 Å². The van der Waals surface area contributed by atoms with Crippen molar-refractivity contribution >= 4 is 21.8 Å². The second kappa shape index (κ2) is 5.76. The van der Waals surface area contributed by atoms with Gasteiger partial charge in [0.25, 0.3) is 0 Å². The molecule has 0 aromatic heterocycles. The summed E-state index contributed by atoms with van der Waals surface area (Å²) in [5.74, 6) is -0.332. The highest BCUT2D eigenvalue weighted by Crippen LogP contribution is 2.36. The molecule has 1 saturated heterocycles. The lowest BCUT2D eigenvalue weighted by molar-refractivity contribution is 0.431. The Balaban J connectivity index is 2.17. The smallest absolute Gasteiger partial charge is 0.211 e. The topological polar surface area (TPSA) is 37.4 Å². The summed E-state index contributed by atoms with van der Waals surface area (Å²) in [6.45, 7) is 0.753. The molecule has 0 radical (unpaired) electrons. The molecule has 1 aliphatic heterocycles. The zero-order chi connectivity index (χ0) is 14.0. The van der Waals surface area contributed by atoms with Gasteiger partial charge in [-0.2, -0.15) is 11.8 Å². The number of benzene rings is 1. The zero-order valence-electron chi connectivity index (χ0n) is 10.5. The van der Waals surface area contributed by atoms with E-state index in [1.807, 2.05) is 0 Å². The summed E-state index contributed by atoms with van der Waals surface area (Å²) < 4.78 is 51.3. The number of hydrogen-bond donors (Lipinski definition) is 0. The summed E-state index contributed by atoms with van der Waals surface area (Å²) in [6.07, 6.45) is 1.65. The van der Waals surface area contributed by atoms with E-state index in [-0.39, 0.29) is 5.25 Å². The van der Waals surface area contributed by atoms with Gasteiger partial charge in [0.2, 0.25) is 10.0 Å². The molecule has 0 aliphatic carbocycles. The molecule has 1 fully saturated rings. The molecule has 0 N–H and O–H groups in total. The number of sulfonamides is 1. The molecule has 1 aliphatic rings. The van der Waals surface area contributed by atoms with E-state index in [1.54, 1.807) is 0 Å². The molecular weight excluding hydrogens is 292 g/mol. The van der Waals surface area contributed by atoms with Gasteiger partial charge in [-0.25, -0.2) is 21.5 Å². The van der Waals surface area contributed by atoms with Crippen LogP contribution in [0.2, 0.25) is 0 Å². The molecule has 0 spiro atoms. The SMILES string of the molecule is CS(=O)(=O)N1CCSC(c2cc(F)ccc2F)CC1. The highest BCUT2D eigenvalue weighted by atomic mass is 32.2. The Bertz CT molecular complexity index is 563. The Hall–Kier alpha value is -0.660. The molecule has 1 atom stereocenters. The second-order valence-electron chi connectivity index (χ2n) is 4.48. The van der Waals surface area contributed by atoms with Crippen LogP contribution in [0.4, 0.5) is 8.78 Å². The molecule has 19 heavy (non-hydrogen) atoms. The molecule has 1 heterocycles. The maximum atomic E-state index is 13.7. The fourth-order valence-electron chi connectivity index (χ4n) is 2.09. The van der Waals surface area contributed by atoms with Crippen molar-refractivity contribution in [3.8, 4) is 0 Å². The summed E-state index contributed by atoms with van der Waals surface area (Å²) in [7, 11) is -3.22. The maximum Gasteiger partial charge on any atom is 0.211 e. The van der Waals surface area contributed by atoms with Gasteiger partial charge in [0.05, 0.1) is 6.26 Å². The van der Waals surface area contributed by atoms with E-state index in [0.717, 1.165) is 12.1 Å². The van der Waals surface area contributed by atoms with Crippen LogP contribution in [-0.4, -0.2) is 37.8 Å². The first-order chi connectivity index (χ1) is 8.88. The van der Waals surface area contributed by atoms with Crippen molar-refractivity contribution in [2.45, 2.75) is 11.7 Å². The fourth-order valence-corrected chi connectivity index (χ4v) is 4.31. The first-order valence-corrected chi connectivity index (χ1v) is 8.79. The molecule has 0 amide bonds. The molecule has 1 aromatic rings. The van der Waals surface area contributed by atoms with E-state index in [0.29, 0.717) is 30.8 Å². The Morgan fingerprint density at radius 2 is 2.05 bits per heavy atom. The van der Waals surface area contributed by atoms with Crippen molar-refractivity contribution in [2.24, 2.45) is 0 Å². The number of nitrogens with zero attached hydrogens (tertiary/aromatic N) is 1. The number of thioether (sulfide) groups is 1. The van der Waals surface area contributed by atoms with Gasteiger partial charge in [0, 0.05) is 29.7 Å². The van der Waals surface area contributed by atoms with Crippen molar-refractivity contribution in [3.05, 3.63) is 35.4 Å². The number of rotatable bonds is 2. The number of hydrogen-bond acceptors (Lipinski definition) is 3. The summed E-state index contributed by atoms with van der Waals surface area (Å²) in [6, 6.07) is 3.40. The quantitative estimate of drug-likeness (QED) is 0.842. The first kappa shape index (κ1) is 14.7. The van der Waals surface area contributed by atoms with Crippen LogP contribution in [0.1, 0.15) is 17.2 Å². The van der Waals surface area contributed by atoms with Gasteiger partial charge in [-0.05, 0) is 24.6 Å². The molecular formula is C12H15F2NO2S2. The normalized spacial score (nSPS) is 22.2. The van der Waals surface area contributed by atoms with Crippen LogP contribution in [-0.2, 0) is 10.0 Å². The lowest BCUT2D eigenvalue weighted by Gasteiger charge is -2.17. The molecule has 1 unspecified atom stereocenters. The van der Waals surface area contributed by atoms with Crippen LogP contribution in [0.3, 0.4) is 0 Å². The Labute approximate surface area is 116 Å². The zero-order valence-corrected chi connectivity index (χ0v) is 12.1. The molecule has 106 valence electrons. The molecule has 7 heteroatoms. The molecule has 0 bridgehead atoms. The summed E-state index contributed by atoms with van der Waals surface area (Å²) in [5, 5.41) is -0.206. The summed E-state index contributed by atoms with van der Waals surface area (Å²) >= 11 is 1.47. The van der Waals surface area contributed by atoms with Crippen molar-refractivity contribution < 1.29 is 17.2 Å². The van der Waals surface area contributed by atoms with Crippen LogP contribution in [0.25, 0.3) is 0 Å². The lowest BCUT2D eigenvalue weighted by atomic mass is 10.1. The van der Waals surface area contributed by atoms with Crippen molar-refractivity contribution in [2.75, 3.05) is 25.1 Å². The van der Waals surface area contributed by atoms with E-state index in [9.17, 15) is 17.2 Å².